The summed E-state index contributed by atoms with van der Waals surface area (Å²) in [6.07, 6.45) is 0.0701. The van der Waals surface area contributed by atoms with Crippen LogP contribution in [0.25, 0.3) is 0 Å². The number of benzene rings is 2. The van der Waals surface area contributed by atoms with Gasteiger partial charge in [-0.05, 0) is 23.8 Å². The number of hydrazine groups is 1. The van der Waals surface area contributed by atoms with Gasteiger partial charge in [0.2, 0.25) is 17.7 Å². The second-order valence-electron chi connectivity index (χ2n) is 6.72. The molecule has 0 aliphatic rings. The van der Waals surface area contributed by atoms with Gasteiger partial charge in [0.25, 0.3) is 0 Å². The molecule has 170 valence electrons. The molecule has 3 amide bonds. The fourth-order valence-corrected chi connectivity index (χ4v) is 2.97. The van der Waals surface area contributed by atoms with E-state index >= 15 is 0 Å². The number of esters is 1. The number of hydrogen-bond donors (Lipinski definition) is 3. The first-order valence-corrected chi connectivity index (χ1v) is 10.6. The maximum absolute atomic E-state index is 11.9. The Bertz CT molecular complexity index is 954. The molecule has 0 fully saturated rings. The van der Waals surface area contributed by atoms with Crippen molar-refractivity contribution in [2.75, 3.05) is 11.9 Å². The Kier molecular flexibility index (Phi) is 10.5. The van der Waals surface area contributed by atoms with Gasteiger partial charge in [-0.2, -0.15) is 0 Å². The predicted molar refractivity (Wildman–Crippen MR) is 121 cm³/mol. The minimum absolute atomic E-state index is 0.110. The van der Waals surface area contributed by atoms with Crippen LogP contribution in [0.2, 0.25) is 10.0 Å². The van der Waals surface area contributed by atoms with Gasteiger partial charge in [0, 0.05) is 30.7 Å². The van der Waals surface area contributed by atoms with Crippen LogP contribution >= 0.6 is 23.2 Å². The third-order valence-electron chi connectivity index (χ3n) is 4.18. The quantitative estimate of drug-likeness (QED) is 0.356. The summed E-state index contributed by atoms with van der Waals surface area (Å²) >= 11 is 11.8. The van der Waals surface area contributed by atoms with Crippen molar-refractivity contribution in [3.63, 3.8) is 0 Å². The van der Waals surface area contributed by atoms with E-state index < -0.39 is 23.7 Å². The van der Waals surface area contributed by atoms with E-state index in [-0.39, 0.29) is 37.3 Å². The molecule has 0 saturated heterocycles. The van der Waals surface area contributed by atoms with Gasteiger partial charge in [-0.25, -0.2) is 0 Å². The zero-order chi connectivity index (χ0) is 23.3. The van der Waals surface area contributed by atoms with Gasteiger partial charge in [0.05, 0.1) is 23.7 Å². The molecule has 0 heterocycles. The Hall–Kier alpha value is -3.10. The maximum Gasteiger partial charge on any atom is 0.306 e. The lowest BCUT2D eigenvalue weighted by Gasteiger charge is -2.09. The molecule has 0 atom stereocenters. The lowest BCUT2D eigenvalue weighted by Crippen LogP contribution is -2.41. The second-order valence-corrected chi connectivity index (χ2v) is 7.57. The Morgan fingerprint density at radius 1 is 0.781 bits per heavy atom. The summed E-state index contributed by atoms with van der Waals surface area (Å²) in [4.78, 5) is 47.2. The van der Waals surface area contributed by atoms with E-state index in [1.807, 2.05) is 30.3 Å². The van der Waals surface area contributed by atoms with Gasteiger partial charge >= 0.3 is 5.97 Å². The highest BCUT2D eigenvalue weighted by Crippen LogP contribution is 2.25. The molecule has 3 N–H and O–H groups in total. The second kappa shape index (κ2) is 13.3. The lowest BCUT2D eigenvalue weighted by molar-refractivity contribution is -0.145. The molecule has 0 radical (unpaired) electrons. The van der Waals surface area contributed by atoms with E-state index in [9.17, 15) is 19.2 Å². The number of carbonyl (C=O) groups is 4. The normalized spacial score (nSPS) is 10.2. The van der Waals surface area contributed by atoms with Crippen LogP contribution in [0.1, 0.15) is 31.2 Å². The van der Waals surface area contributed by atoms with Crippen LogP contribution in [0.5, 0.6) is 0 Å². The molecule has 0 spiro atoms. The van der Waals surface area contributed by atoms with Gasteiger partial charge in [-0.1, -0.05) is 53.5 Å². The van der Waals surface area contributed by atoms with Gasteiger partial charge in [-0.15, -0.1) is 0 Å². The monoisotopic (exact) mass is 479 g/mol. The summed E-state index contributed by atoms with van der Waals surface area (Å²) in [7, 11) is 0. The van der Waals surface area contributed by atoms with E-state index in [4.69, 9.17) is 27.9 Å². The SMILES string of the molecule is O=C(CCC(=O)Nc1ccc(Cl)cc1Cl)NNC(=O)CCC(=O)OCCc1ccccc1. The number of carbonyl (C=O) groups excluding carboxylic acids is 4. The average molecular weight is 480 g/mol. The molecule has 0 aliphatic heterocycles. The Morgan fingerprint density at radius 3 is 2.06 bits per heavy atom. The summed E-state index contributed by atoms with van der Waals surface area (Å²) in [6, 6.07) is 14.2. The van der Waals surface area contributed by atoms with Crippen LogP contribution < -0.4 is 16.2 Å². The maximum atomic E-state index is 11.9. The largest absolute Gasteiger partial charge is 0.465 e. The summed E-state index contributed by atoms with van der Waals surface area (Å²) < 4.78 is 5.08. The molecular formula is C22H23Cl2N3O5. The van der Waals surface area contributed by atoms with Crippen LogP contribution in [-0.4, -0.2) is 30.3 Å². The van der Waals surface area contributed by atoms with Gasteiger partial charge in [-0.3, -0.25) is 30.0 Å². The van der Waals surface area contributed by atoms with Crippen molar-refractivity contribution in [3.8, 4) is 0 Å². The fraction of sp³-hybridized carbons (Fsp3) is 0.273. The first-order chi connectivity index (χ1) is 15.3. The molecule has 2 aromatic carbocycles. The predicted octanol–water partition coefficient (Wildman–Crippen LogP) is 3.43. The van der Waals surface area contributed by atoms with Crippen molar-refractivity contribution in [1.82, 2.24) is 10.9 Å². The average Bonchev–Trinajstić information content (AvgIpc) is 2.77. The number of ether oxygens (including phenoxy) is 1. The third kappa shape index (κ3) is 9.80. The molecular weight excluding hydrogens is 457 g/mol. The van der Waals surface area contributed by atoms with E-state index in [0.717, 1.165) is 5.56 Å². The van der Waals surface area contributed by atoms with E-state index in [0.29, 0.717) is 17.1 Å². The Balaban J connectivity index is 1.56. The van der Waals surface area contributed by atoms with Crippen molar-refractivity contribution in [3.05, 3.63) is 64.1 Å². The van der Waals surface area contributed by atoms with E-state index in [1.54, 1.807) is 12.1 Å². The topological polar surface area (TPSA) is 114 Å². The molecule has 0 aromatic heterocycles. The van der Waals surface area contributed by atoms with Crippen LogP contribution in [-0.2, 0) is 30.3 Å². The smallest absolute Gasteiger partial charge is 0.306 e. The van der Waals surface area contributed by atoms with Crippen molar-refractivity contribution in [2.45, 2.75) is 32.1 Å². The number of amides is 3. The number of halogens is 2. The van der Waals surface area contributed by atoms with Gasteiger partial charge < -0.3 is 10.1 Å². The third-order valence-corrected chi connectivity index (χ3v) is 4.73. The van der Waals surface area contributed by atoms with Crippen LogP contribution in [0.15, 0.2) is 48.5 Å². The lowest BCUT2D eigenvalue weighted by atomic mass is 10.2. The van der Waals surface area contributed by atoms with Crippen molar-refractivity contribution < 1.29 is 23.9 Å². The van der Waals surface area contributed by atoms with Crippen LogP contribution in [0.3, 0.4) is 0 Å². The number of rotatable bonds is 10. The minimum atomic E-state index is -0.554. The van der Waals surface area contributed by atoms with Crippen molar-refractivity contribution in [1.29, 1.82) is 0 Å². The highest BCUT2D eigenvalue weighted by atomic mass is 35.5. The first-order valence-electron chi connectivity index (χ1n) is 9.85. The number of hydrogen-bond acceptors (Lipinski definition) is 5. The fourth-order valence-electron chi connectivity index (χ4n) is 2.51. The highest BCUT2D eigenvalue weighted by Gasteiger charge is 2.12. The molecule has 2 aromatic rings. The Morgan fingerprint density at radius 2 is 1.41 bits per heavy atom. The van der Waals surface area contributed by atoms with Crippen molar-refractivity contribution >= 4 is 52.6 Å². The molecule has 8 nitrogen and oxygen atoms in total. The van der Waals surface area contributed by atoms with Gasteiger partial charge in [0.15, 0.2) is 0 Å². The molecule has 10 heteroatoms. The van der Waals surface area contributed by atoms with E-state index in [2.05, 4.69) is 16.2 Å². The molecule has 2 rings (SSSR count). The molecule has 0 aliphatic carbocycles. The Labute approximate surface area is 195 Å². The summed E-state index contributed by atoms with van der Waals surface area (Å²) in [5, 5.41) is 3.28. The van der Waals surface area contributed by atoms with Crippen LogP contribution in [0, 0.1) is 0 Å². The van der Waals surface area contributed by atoms with Gasteiger partial charge in [0.1, 0.15) is 0 Å². The molecule has 0 unspecified atom stereocenters. The molecule has 0 saturated carbocycles. The van der Waals surface area contributed by atoms with E-state index in [1.165, 1.54) is 6.07 Å². The minimum Gasteiger partial charge on any atom is -0.465 e. The summed E-state index contributed by atoms with van der Waals surface area (Å²) in [5.41, 5.74) is 5.82. The zero-order valence-electron chi connectivity index (χ0n) is 17.2. The zero-order valence-corrected chi connectivity index (χ0v) is 18.7. The standard InChI is InChI=1S/C22H23Cl2N3O5/c23-16-6-7-18(17(24)14-16)25-19(28)8-9-20(29)26-27-21(30)10-11-22(31)32-13-12-15-4-2-1-3-5-15/h1-7,14H,8-13H2,(H,25,28)(H,26,29)(H,27,30). The van der Waals surface area contributed by atoms with Crippen LogP contribution in [0.4, 0.5) is 5.69 Å². The molecule has 0 bridgehead atoms. The first kappa shape index (κ1) is 25.2. The number of nitrogens with one attached hydrogen (secondary N) is 3. The van der Waals surface area contributed by atoms with Crippen molar-refractivity contribution in [2.24, 2.45) is 0 Å². The highest BCUT2D eigenvalue weighted by molar-refractivity contribution is 6.36. The summed E-state index contributed by atoms with van der Waals surface area (Å²) in [6.45, 7) is 0.227. The summed E-state index contributed by atoms with van der Waals surface area (Å²) in [5.74, 6) is -2.02. The molecule has 32 heavy (non-hydrogen) atoms. The number of anilines is 1.